The molecule has 0 spiro atoms. The first kappa shape index (κ1) is 26.4. The number of β-lactam (4-membered cyclic amide) rings is 1. The number of nitrogens with zero attached hydrogens (tertiary/aromatic N) is 2. The SMILES string of the molecule is CCN(CC)C1=C(C(=O)OCc2ccc(OC)cc2)N2C(=O)C(NC(=O)COc3ccccc3)[C@H]2SC1. The summed E-state index contributed by atoms with van der Waals surface area (Å²) in [5.41, 5.74) is 1.81. The average Bonchev–Trinajstić information content (AvgIpc) is 2.94. The van der Waals surface area contributed by atoms with Crippen LogP contribution in [0.1, 0.15) is 19.4 Å². The lowest BCUT2D eigenvalue weighted by Gasteiger charge is -2.50. The van der Waals surface area contributed by atoms with E-state index in [9.17, 15) is 14.4 Å². The van der Waals surface area contributed by atoms with Crippen LogP contribution in [-0.2, 0) is 25.7 Å². The summed E-state index contributed by atoms with van der Waals surface area (Å²) in [4.78, 5) is 42.5. The summed E-state index contributed by atoms with van der Waals surface area (Å²) < 4.78 is 16.3. The zero-order valence-corrected chi connectivity index (χ0v) is 22.0. The summed E-state index contributed by atoms with van der Waals surface area (Å²) in [6, 6.07) is 15.5. The largest absolute Gasteiger partial charge is 0.497 e. The number of hydrogen-bond acceptors (Lipinski definition) is 8. The van der Waals surface area contributed by atoms with Gasteiger partial charge in [0.2, 0.25) is 0 Å². The predicted octanol–water partition coefficient (Wildman–Crippen LogP) is 2.77. The first-order valence-corrected chi connectivity index (χ1v) is 13.2. The molecule has 2 aliphatic rings. The van der Waals surface area contributed by atoms with Crippen molar-refractivity contribution in [2.24, 2.45) is 0 Å². The van der Waals surface area contributed by atoms with Crippen LogP contribution in [0.2, 0.25) is 0 Å². The molecule has 1 saturated heterocycles. The molecule has 0 radical (unpaired) electrons. The molecule has 2 heterocycles. The Morgan fingerprint density at radius 2 is 1.76 bits per heavy atom. The zero-order valence-electron chi connectivity index (χ0n) is 21.1. The highest BCUT2D eigenvalue weighted by Crippen LogP contribution is 2.41. The van der Waals surface area contributed by atoms with Crippen LogP contribution in [0.25, 0.3) is 0 Å². The molecular weight excluding hydrogens is 494 g/mol. The van der Waals surface area contributed by atoms with Crippen molar-refractivity contribution in [3.8, 4) is 11.5 Å². The van der Waals surface area contributed by atoms with Crippen molar-refractivity contribution < 1.29 is 28.6 Å². The Bertz CT molecular complexity index is 1150. The number of ether oxygens (including phenoxy) is 3. The summed E-state index contributed by atoms with van der Waals surface area (Å²) in [7, 11) is 1.59. The number of carbonyl (C=O) groups excluding carboxylic acids is 3. The molecule has 0 saturated carbocycles. The smallest absolute Gasteiger partial charge is 0.357 e. The van der Waals surface area contributed by atoms with E-state index in [1.54, 1.807) is 31.4 Å². The summed E-state index contributed by atoms with van der Waals surface area (Å²) >= 11 is 1.52. The van der Waals surface area contributed by atoms with Gasteiger partial charge in [0.25, 0.3) is 11.8 Å². The second-order valence-electron chi connectivity index (χ2n) is 8.45. The van der Waals surface area contributed by atoms with E-state index in [-0.39, 0.29) is 24.8 Å². The van der Waals surface area contributed by atoms with Crippen molar-refractivity contribution in [2.75, 3.05) is 32.6 Å². The molecule has 0 aromatic heterocycles. The van der Waals surface area contributed by atoms with Crippen LogP contribution >= 0.6 is 11.8 Å². The lowest BCUT2D eigenvalue weighted by atomic mass is 10.0. The number of fused-ring (bicyclic) bond motifs is 1. The number of amides is 2. The number of para-hydroxylation sites is 1. The number of rotatable bonds is 11. The fourth-order valence-electron chi connectivity index (χ4n) is 4.26. The molecule has 37 heavy (non-hydrogen) atoms. The van der Waals surface area contributed by atoms with Crippen LogP contribution in [0.4, 0.5) is 0 Å². The van der Waals surface area contributed by atoms with E-state index in [1.807, 2.05) is 44.2 Å². The Kier molecular flexibility index (Phi) is 8.60. The minimum atomic E-state index is -0.737. The normalized spacial score (nSPS) is 18.5. The quantitative estimate of drug-likeness (QED) is 0.353. The van der Waals surface area contributed by atoms with Crippen molar-refractivity contribution in [3.63, 3.8) is 0 Å². The van der Waals surface area contributed by atoms with Gasteiger partial charge in [-0.25, -0.2) is 4.79 Å². The maximum absolute atomic E-state index is 13.3. The molecule has 2 amide bonds. The summed E-state index contributed by atoms with van der Waals surface area (Å²) in [6.45, 7) is 5.23. The molecule has 9 nitrogen and oxygen atoms in total. The van der Waals surface area contributed by atoms with E-state index in [2.05, 4.69) is 10.2 Å². The highest BCUT2D eigenvalue weighted by atomic mass is 32.2. The number of methoxy groups -OCH3 is 1. The third-order valence-corrected chi connectivity index (χ3v) is 7.51. The minimum absolute atomic E-state index is 0.0642. The fourth-order valence-corrected chi connectivity index (χ4v) is 5.64. The van der Waals surface area contributed by atoms with E-state index < -0.39 is 23.3 Å². The van der Waals surface area contributed by atoms with E-state index >= 15 is 0 Å². The number of hydrogen-bond donors (Lipinski definition) is 1. The van der Waals surface area contributed by atoms with Gasteiger partial charge in [0.05, 0.1) is 12.8 Å². The van der Waals surface area contributed by atoms with Gasteiger partial charge in [-0.3, -0.25) is 14.5 Å². The highest BCUT2D eigenvalue weighted by molar-refractivity contribution is 8.00. The van der Waals surface area contributed by atoms with Crippen LogP contribution in [-0.4, -0.2) is 71.6 Å². The maximum Gasteiger partial charge on any atom is 0.357 e. The summed E-state index contributed by atoms with van der Waals surface area (Å²) in [5, 5.41) is 2.37. The number of nitrogens with one attached hydrogen (secondary N) is 1. The monoisotopic (exact) mass is 525 g/mol. The van der Waals surface area contributed by atoms with Gasteiger partial charge < -0.3 is 24.4 Å². The third-order valence-electron chi connectivity index (χ3n) is 6.25. The van der Waals surface area contributed by atoms with E-state index in [0.29, 0.717) is 30.3 Å². The topological polar surface area (TPSA) is 97.4 Å². The molecule has 1 fully saturated rings. The van der Waals surface area contributed by atoms with Gasteiger partial charge >= 0.3 is 5.97 Å². The van der Waals surface area contributed by atoms with Gasteiger partial charge in [-0.15, -0.1) is 11.8 Å². The van der Waals surface area contributed by atoms with Gasteiger partial charge in [0, 0.05) is 18.8 Å². The number of esters is 1. The van der Waals surface area contributed by atoms with Crippen molar-refractivity contribution in [1.82, 2.24) is 15.1 Å². The summed E-state index contributed by atoms with van der Waals surface area (Å²) in [6.07, 6.45) is 0. The Morgan fingerprint density at radius 1 is 1.05 bits per heavy atom. The number of thioether (sulfide) groups is 1. The van der Waals surface area contributed by atoms with Gasteiger partial charge in [-0.2, -0.15) is 0 Å². The van der Waals surface area contributed by atoms with Gasteiger partial charge in [0.15, 0.2) is 12.3 Å². The lowest BCUT2D eigenvalue weighted by Crippen LogP contribution is -2.71. The second kappa shape index (κ2) is 12.1. The van der Waals surface area contributed by atoms with E-state index in [1.165, 1.54) is 16.7 Å². The van der Waals surface area contributed by atoms with Crippen molar-refractivity contribution in [2.45, 2.75) is 31.9 Å². The van der Waals surface area contributed by atoms with Crippen LogP contribution in [0.3, 0.4) is 0 Å². The highest BCUT2D eigenvalue weighted by Gasteiger charge is 2.55. The Morgan fingerprint density at radius 3 is 2.41 bits per heavy atom. The minimum Gasteiger partial charge on any atom is -0.497 e. The van der Waals surface area contributed by atoms with Gasteiger partial charge in [-0.05, 0) is 43.7 Å². The molecule has 1 N–H and O–H groups in total. The average molecular weight is 526 g/mol. The Balaban J connectivity index is 1.45. The van der Waals surface area contributed by atoms with Crippen LogP contribution in [0.15, 0.2) is 66.0 Å². The van der Waals surface area contributed by atoms with Crippen LogP contribution in [0, 0.1) is 0 Å². The van der Waals surface area contributed by atoms with E-state index in [4.69, 9.17) is 14.2 Å². The molecule has 10 heteroatoms. The van der Waals surface area contributed by atoms with Crippen molar-refractivity contribution in [1.29, 1.82) is 0 Å². The molecule has 4 rings (SSSR count). The number of carbonyl (C=O) groups is 3. The molecule has 196 valence electrons. The molecule has 0 bridgehead atoms. The lowest BCUT2D eigenvalue weighted by molar-refractivity contribution is -0.153. The third kappa shape index (κ3) is 5.85. The first-order chi connectivity index (χ1) is 18.0. The maximum atomic E-state index is 13.3. The molecule has 2 atom stereocenters. The Hall–Kier alpha value is -3.66. The van der Waals surface area contributed by atoms with Gasteiger partial charge in [0.1, 0.15) is 29.5 Å². The predicted molar refractivity (Wildman–Crippen MR) is 140 cm³/mol. The van der Waals surface area contributed by atoms with Crippen molar-refractivity contribution >= 4 is 29.5 Å². The number of benzene rings is 2. The summed E-state index contributed by atoms with van der Waals surface area (Å²) in [5.74, 6) is 0.502. The molecule has 0 aliphatic carbocycles. The zero-order chi connectivity index (χ0) is 26.4. The van der Waals surface area contributed by atoms with E-state index in [0.717, 1.165) is 11.3 Å². The van der Waals surface area contributed by atoms with Crippen LogP contribution < -0.4 is 14.8 Å². The Labute approximate surface area is 220 Å². The first-order valence-electron chi connectivity index (χ1n) is 12.2. The standard InChI is InChI=1S/C27H31N3O6S/c1-4-29(5-2)21-17-37-26-23(28-22(31)16-35-20-9-7-6-8-10-20)25(32)30(26)24(21)27(33)36-15-18-11-13-19(34-3)14-12-18/h6-14,23,26H,4-5,15-17H2,1-3H3,(H,28,31)/t23?,26-/m1/s1. The second-order valence-corrected chi connectivity index (χ2v) is 9.55. The fraction of sp³-hybridized carbons (Fsp3) is 0.370. The molecule has 2 aromatic carbocycles. The van der Waals surface area contributed by atoms with Crippen LogP contribution in [0.5, 0.6) is 11.5 Å². The molecular formula is C27H31N3O6S. The van der Waals surface area contributed by atoms with Gasteiger partial charge in [-0.1, -0.05) is 30.3 Å². The molecule has 1 unspecified atom stereocenters. The molecule has 2 aliphatic heterocycles. The molecule has 2 aromatic rings. The van der Waals surface area contributed by atoms with Crippen molar-refractivity contribution in [3.05, 3.63) is 71.6 Å².